The Morgan fingerprint density at radius 3 is 2.19 bits per heavy atom. The molecule has 0 saturated heterocycles. The highest BCUT2D eigenvalue weighted by molar-refractivity contribution is 7.89. The van der Waals surface area contributed by atoms with E-state index in [-0.39, 0.29) is 11.4 Å². The van der Waals surface area contributed by atoms with Crippen molar-refractivity contribution in [2.24, 2.45) is 0 Å². The van der Waals surface area contributed by atoms with Gasteiger partial charge in [0.15, 0.2) is 0 Å². The highest BCUT2D eigenvalue weighted by atomic mass is 35.5. The molecule has 9 heteroatoms. The molecule has 0 aliphatic heterocycles. The van der Waals surface area contributed by atoms with E-state index in [1.165, 1.54) is 62.7 Å². The van der Waals surface area contributed by atoms with Gasteiger partial charge in [-0.25, -0.2) is 13.2 Å². The Labute approximate surface area is 156 Å². The van der Waals surface area contributed by atoms with Crippen molar-refractivity contribution in [3.63, 3.8) is 0 Å². The molecule has 1 amide bonds. The van der Waals surface area contributed by atoms with Crippen LogP contribution < -0.4 is 5.32 Å². The quantitative estimate of drug-likeness (QED) is 0.757. The number of benzene rings is 2. The number of amides is 1. The normalized spacial score (nSPS) is 11.2. The number of nitrogens with zero attached hydrogens (tertiary/aromatic N) is 1. The summed E-state index contributed by atoms with van der Waals surface area (Å²) in [4.78, 5) is 23.5. The van der Waals surface area contributed by atoms with E-state index in [0.29, 0.717) is 16.3 Å². The molecule has 2 aromatic carbocycles. The van der Waals surface area contributed by atoms with Gasteiger partial charge in [-0.3, -0.25) is 4.79 Å². The van der Waals surface area contributed by atoms with Gasteiger partial charge in [-0.2, -0.15) is 4.31 Å². The largest absolute Gasteiger partial charge is 0.465 e. The zero-order valence-corrected chi connectivity index (χ0v) is 15.7. The van der Waals surface area contributed by atoms with E-state index in [4.69, 9.17) is 11.6 Å². The monoisotopic (exact) mass is 396 g/mol. The van der Waals surface area contributed by atoms with Crippen molar-refractivity contribution in [1.82, 2.24) is 4.31 Å². The molecule has 0 bridgehead atoms. The third kappa shape index (κ3) is 4.81. The molecular weight excluding hydrogens is 380 g/mol. The third-order valence-corrected chi connectivity index (χ3v) is 5.55. The minimum atomic E-state index is -3.81. The van der Waals surface area contributed by atoms with Crippen molar-refractivity contribution in [1.29, 1.82) is 0 Å². The van der Waals surface area contributed by atoms with Crippen molar-refractivity contribution in [3.8, 4) is 0 Å². The molecule has 0 saturated carbocycles. The first kappa shape index (κ1) is 19.9. The molecule has 1 N–H and O–H groups in total. The van der Waals surface area contributed by atoms with Gasteiger partial charge >= 0.3 is 5.97 Å². The maximum Gasteiger partial charge on any atom is 0.337 e. The molecule has 7 nitrogen and oxygen atoms in total. The number of anilines is 1. The van der Waals surface area contributed by atoms with Crippen LogP contribution in [0, 0.1) is 0 Å². The number of sulfonamides is 1. The van der Waals surface area contributed by atoms with Gasteiger partial charge in [0, 0.05) is 17.8 Å². The molecule has 26 heavy (non-hydrogen) atoms. The standard InChI is InChI=1S/C17H17ClN2O5S/c1-20(26(23,24)15-9-5-13(18)6-10-15)11-16(21)19-14-7-3-12(4-8-14)17(22)25-2/h3-10H,11H2,1-2H3,(H,19,21). The molecule has 0 spiro atoms. The zero-order chi connectivity index (χ0) is 19.3. The zero-order valence-electron chi connectivity index (χ0n) is 14.1. The van der Waals surface area contributed by atoms with Gasteiger partial charge in [0.05, 0.1) is 24.1 Å². The van der Waals surface area contributed by atoms with Crippen LogP contribution in [0.4, 0.5) is 5.69 Å². The van der Waals surface area contributed by atoms with Crippen molar-refractivity contribution in [3.05, 3.63) is 59.1 Å². The second-order valence-electron chi connectivity index (χ2n) is 5.33. The highest BCUT2D eigenvalue weighted by Gasteiger charge is 2.23. The summed E-state index contributed by atoms with van der Waals surface area (Å²) < 4.78 is 30.4. The summed E-state index contributed by atoms with van der Waals surface area (Å²) in [5.74, 6) is -1.01. The first-order chi connectivity index (χ1) is 12.2. The van der Waals surface area contributed by atoms with Crippen LogP contribution in [-0.2, 0) is 19.6 Å². The molecule has 0 fully saturated rings. The first-order valence-electron chi connectivity index (χ1n) is 7.44. The summed E-state index contributed by atoms with van der Waals surface area (Å²) >= 11 is 5.75. The molecule has 0 aliphatic carbocycles. The molecular formula is C17H17ClN2O5S. The summed E-state index contributed by atoms with van der Waals surface area (Å²) in [6.45, 7) is -0.371. The van der Waals surface area contributed by atoms with Crippen molar-refractivity contribution in [2.45, 2.75) is 4.90 Å². The molecule has 0 aromatic heterocycles. The van der Waals surface area contributed by atoms with E-state index in [1.807, 2.05) is 0 Å². The van der Waals surface area contributed by atoms with E-state index in [1.54, 1.807) is 0 Å². The number of halogens is 1. The Kier molecular flexibility index (Phi) is 6.36. The molecule has 138 valence electrons. The van der Waals surface area contributed by atoms with E-state index >= 15 is 0 Å². The molecule has 2 aromatic rings. The summed E-state index contributed by atoms with van der Waals surface area (Å²) in [6, 6.07) is 11.7. The van der Waals surface area contributed by atoms with Crippen LogP contribution in [0.2, 0.25) is 5.02 Å². The lowest BCUT2D eigenvalue weighted by Crippen LogP contribution is -2.34. The fourth-order valence-electron chi connectivity index (χ4n) is 2.08. The van der Waals surface area contributed by atoms with Crippen molar-refractivity contribution in [2.75, 3.05) is 26.0 Å². The van der Waals surface area contributed by atoms with Gasteiger partial charge in [-0.05, 0) is 48.5 Å². The minimum Gasteiger partial charge on any atom is -0.465 e. The number of methoxy groups -OCH3 is 1. The van der Waals surface area contributed by atoms with Crippen molar-refractivity contribution < 1.29 is 22.7 Å². The van der Waals surface area contributed by atoms with E-state index in [2.05, 4.69) is 10.1 Å². The lowest BCUT2D eigenvalue weighted by atomic mass is 10.2. The van der Waals surface area contributed by atoms with E-state index in [9.17, 15) is 18.0 Å². The van der Waals surface area contributed by atoms with Gasteiger partial charge in [-0.15, -0.1) is 0 Å². The Bertz CT molecular complexity index is 896. The number of esters is 1. The first-order valence-corrected chi connectivity index (χ1v) is 9.26. The van der Waals surface area contributed by atoms with Crippen LogP contribution in [0.1, 0.15) is 10.4 Å². The molecule has 0 heterocycles. The highest BCUT2D eigenvalue weighted by Crippen LogP contribution is 2.17. The van der Waals surface area contributed by atoms with Gasteiger partial charge in [0.1, 0.15) is 0 Å². The molecule has 2 rings (SSSR count). The fourth-order valence-corrected chi connectivity index (χ4v) is 3.33. The number of carbonyl (C=O) groups excluding carboxylic acids is 2. The Hall–Kier alpha value is -2.42. The van der Waals surface area contributed by atoms with Crippen LogP contribution >= 0.6 is 11.6 Å². The minimum absolute atomic E-state index is 0.0413. The van der Waals surface area contributed by atoms with Crippen LogP contribution in [-0.4, -0.2) is 45.3 Å². The smallest absolute Gasteiger partial charge is 0.337 e. The molecule has 0 atom stereocenters. The number of rotatable bonds is 6. The van der Waals surface area contributed by atoms with Gasteiger partial charge in [-0.1, -0.05) is 11.6 Å². The lowest BCUT2D eigenvalue weighted by molar-refractivity contribution is -0.116. The third-order valence-electron chi connectivity index (χ3n) is 3.48. The summed E-state index contributed by atoms with van der Waals surface area (Å²) in [7, 11) is -1.23. The number of likely N-dealkylation sites (N-methyl/N-ethyl adjacent to an activating group) is 1. The Morgan fingerprint density at radius 2 is 1.65 bits per heavy atom. The number of nitrogens with one attached hydrogen (secondary N) is 1. The molecule has 0 aliphatic rings. The topological polar surface area (TPSA) is 92.8 Å². The van der Waals surface area contributed by atoms with Gasteiger partial charge in [0.2, 0.25) is 15.9 Å². The summed E-state index contributed by atoms with van der Waals surface area (Å²) in [6.07, 6.45) is 0. The van der Waals surface area contributed by atoms with Crippen LogP contribution in [0.3, 0.4) is 0 Å². The van der Waals surface area contributed by atoms with Crippen LogP contribution in [0.15, 0.2) is 53.4 Å². The predicted molar refractivity (Wildman–Crippen MR) is 97.7 cm³/mol. The summed E-state index contributed by atoms with van der Waals surface area (Å²) in [5, 5.41) is 2.99. The number of carbonyl (C=O) groups is 2. The average Bonchev–Trinajstić information content (AvgIpc) is 2.61. The Balaban J connectivity index is 2.02. The maximum atomic E-state index is 12.4. The number of hydrogen-bond donors (Lipinski definition) is 1. The molecule has 0 unspecified atom stereocenters. The second kappa shape index (κ2) is 8.31. The Morgan fingerprint density at radius 1 is 1.08 bits per heavy atom. The SMILES string of the molecule is COC(=O)c1ccc(NC(=O)CN(C)S(=O)(=O)c2ccc(Cl)cc2)cc1. The van der Waals surface area contributed by atoms with Crippen LogP contribution in [0.25, 0.3) is 0 Å². The van der Waals surface area contributed by atoms with Gasteiger partial charge in [0.25, 0.3) is 0 Å². The van der Waals surface area contributed by atoms with E-state index in [0.717, 1.165) is 4.31 Å². The maximum absolute atomic E-state index is 12.4. The fraction of sp³-hybridized carbons (Fsp3) is 0.176. The summed E-state index contributed by atoms with van der Waals surface area (Å²) in [5.41, 5.74) is 0.771. The number of hydrogen-bond acceptors (Lipinski definition) is 5. The van der Waals surface area contributed by atoms with E-state index < -0.39 is 21.9 Å². The average molecular weight is 397 g/mol. The van der Waals surface area contributed by atoms with Gasteiger partial charge < -0.3 is 10.1 Å². The van der Waals surface area contributed by atoms with Crippen LogP contribution in [0.5, 0.6) is 0 Å². The van der Waals surface area contributed by atoms with Crippen molar-refractivity contribution >= 4 is 39.2 Å². The predicted octanol–water partition coefficient (Wildman–Crippen LogP) is 2.39. The molecule has 0 radical (unpaired) electrons. The second-order valence-corrected chi connectivity index (χ2v) is 7.81. The lowest BCUT2D eigenvalue weighted by Gasteiger charge is -2.17. The number of ether oxygens (including phenoxy) is 1.